The molecule has 2 heterocycles. The number of amides is 1. The second kappa shape index (κ2) is 6.01. The highest BCUT2D eigenvalue weighted by Gasteiger charge is 2.20. The molecule has 0 radical (unpaired) electrons. The summed E-state index contributed by atoms with van der Waals surface area (Å²) in [6.45, 7) is 7.12. The minimum Gasteiger partial charge on any atom is -0.378 e. The van der Waals surface area contributed by atoms with E-state index in [9.17, 15) is 4.79 Å². The van der Waals surface area contributed by atoms with Gasteiger partial charge in [-0.15, -0.1) is 11.3 Å². The van der Waals surface area contributed by atoms with Crippen molar-refractivity contribution >= 4 is 22.4 Å². The van der Waals surface area contributed by atoms with E-state index in [1.807, 2.05) is 5.38 Å². The molecule has 2 rings (SSSR count). The molecular formula is C14H22N2O2S. The maximum absolute atomic E-state index is 11.9. The van der Waals surface area contributed by atoms with E-state index in [0.717, 1.165) is 31.6 Å². The van der Waals surface area contributed by atoms with Gasteiger partial charge in [0, 0.05) is 17.4 Å². The Labute approximate surface area is 118 Å². The highest BCUT2D eigenvalue weighted by Crippen LogP contribution is 2.26. The molecule has 1 aromatic heterocycles. The van der Waals surface area contributed by atoms with Gasteiger partial charge in [0.15, 0.2) is 5.13 Å². The molecule has 1 N–H and O–H groups in total. The molecule has 1 aliphatic heterocycles. The summed E-state index contributed by atoms with van der Waals surface area (Å²) in [6, 6.07) is 0. The predicted octanol–water partition coefficient (Wildman–Crippen LogP) is 3.34. The predicted molar refractivity (Wildman–Crippen MR) is 77.7 cm³/mol. The van der Waals surface area contributed by atoms with Gasteiger partial charge in [-0.05, 0) is 19.3 Å². The molecule has 0 saturated carbocycles. The Morgan fingerprint density at radius 1 is 1.53 bits per heavy atom. The molecule has 0 spiro atoms. The number of carbonyl (C=O) groups excluding carboxylic acids is 1. The normalized spacial score (nSPS) is 20.3. The number of rotatable bonds is 3. The van der Waals surface area contributed by atoms with Crippen LogP contribution in [0.3, 0.4) is 0 Å². The smallest absolute Gasteiger partial charge is 0.228 e. The summed E-state index contributed by atoms with van der Waals surface area (Å²) >= 11 is 1.48. The number of nitrogens with one attached hydrogen (secondary N) is 1. The lowest BCUT2D eigenvalue weighted by atomic mass is 9.93. The van der Waals surface area contributed by atoms with Gasteiger partial charge in [-0.1, -0.05) is 20.8 Å². The van der Waals surface area contributed by atoms with Crippen LogP contribution in [0.15, 0.2) is 5.38 Å². The first-order valence-electron chi connectivity index (χ1n) is 6.82. The average Bonchev–Trinajstić information content (AvgIpc) is 2.78. The molecule has 5 heteroatoms. The molecule has 1 saturated heterocycles. The van der Waals surface area contributed by atoms with Crippen LogP contribution in [-0.2, 0) is 14.9 Å². The van der Waals surface area contributed by atoms with E-state index < -0.39 is 0 Å². The molecule has 0 bridgehead atoms. The first kappa shape index (κ1) is 14.5. The third-order valence-electron chi connectivity index (χ3n) is 3.21. The van der Waals surface area contributed by atoms with Crippen molar-refractivity contribution in [2.45, 2.75) is 58.0 Å². The van der Waals surface area contributed by atoms with Gasteiger partial charge in [0.2, 0.25) is 5.91 Å². The second-order valence-electron chi connectivity index (χ2n) is 6.03. The van der Waals surface area contributed by atoms with Crippen molar-refractivity contribution in [2.24, 2.45) is 0 Å². The molecule has 1 fully saturated rings. The lowest BCUT2D eigenvalue weighted by Gasteiger charge is -2.21. The van der Waals surface area contributed by atoms with Gasteiger partial charge >= 0.3 is 0 Å². The molecule has 1 aliphatic rings. The Hall–Kier alpha value is -0.940. The number of hydrogen-bond acceptors (Lipinski definition) is 4. The number of hydrogen-bond donors (Lipinski definition) is 1. The molecule has 0 aliphatic carbocycles. The monoisotopic (exact) mass is 282 g/mol. The van der Waals surface area contributed by atoms with E-state index in [1.165, 1.54) is 11.3 Å². The Balaban J connectivity index is 1.86. The van der Waals surface area contributed by atoms with Crippen LogP contribution in [-0.4, -0.2) is 23.6 Å². The zero-order valence-electron chi connectivity index (χ0n) is 11.9. The SMILES string of the molecule is CC(C)(C)c1csc(NC(=O)CC2CCCCO2)n1. The van der Waals surface area contributed by atoms with E-state index in [4.69, 9.17) is 4.74 Å². The molecular weight excluding hydrogens is 260 g/mol. The summed E-state index contributed by atoms with van der Waals surface area (Å²) in [6.07, 6.45) is 3.77. The standard InChI is InChI=1S/C14H22N2O2S/c1-14(2,3)11-9-19-13(15-11)16-12(17)8-10-6-4-5-7-18-10/h9-10H,4-8H2,1-3H3,(H,15,16,17). The third kappa shape index (κ3) is 4.28. The first-order valence-corrected chi connectivity index (χ1v) is 7.70. The van der Waals surface area contributed by atoms with Gasteiger partial charge in [-0.25, -0.2) is 4.98 Å². The molecule has 1 aromatic rings. The van der Waals surface area contributed by atoms with Crippen LogP contribution in [0.25, 0.3) is 0 Å². The number of carbonyl (C=O) groups is 1. The summed E-state index contributed by atoms with van der Waals surface area (Å²) in [5.41, 5.74) is 1.04. The zero-order chi connectivity index (χ0) is 13.9. The van der Waals surface area contributed by atoms with Gasteiger partial charge in [0.25, 0.3) is 0 Å². The van der Waals surface area contributed by atoms with Crippen molar-refractivity contribution in [3.63, 3.8) is 0 Å². The van der Waals surface area contributed by atoms with Crippen LogP contribution >= 0.6 is 11.3 Å². The Kier molecular flexibility index (Phi) is 4.58. The number of aromatic nitrogens is 1. The van der Waals surface area contributed by atoms with E-state index in [-0.39, 0.29) is 17.4 Å². The first-order chi connectivity index (χ1) is 8.95. The second-order valence-corrected chi connectivity index (χ2v) is 6.89. The number of ether oxygens (including phenoxy) is 1. The topological polar surface area (TPSA) is 51.2 Å². The zero-order valence-corrected chi connectivity index (χ0v) is 12.7. The fourth-order valence-corrected chi connectivity index (χ4v) is 2.97. The molecule has 106 valence electrons. The lowest BCUT2D eigenvalue weighted by molar-refractivity contribution is -0.119. The average molecular weight is 282 g/mol. The van der Waals surface area contributed by atoms with Gasteiger partial charge in [0.05, 0.1) is 18.2 Å². The van der Waals surface area contributed by atoms with Crippen LogP contribution in [0.1, 0.15) is 52.1 Å². The van der Waals surface area contributed by atoms with Gasteiger partial charge in [0.1, 0.15) is 0 Å². The van der Waals surface area contributed by atoms with Crippen LogP contribution in [0.5, 0.6) is 0 Å². The van der Waals surface area contributed by atoms with Crippen molar-refractivity contribution in [3.05, 3.63) is 11.1 Å². The number of anilines is 1. The van der Waals surface area contributed by atoms with Crippen molar-refractivity contribution in [1.82, 2.24) is 4.98 Å². The summed E-state index contributed by atoms with van der Waals surface area (Å²) < 4.78 is 5.57. The van der Waals surface area contributed by atoms with Crippen molar-refractivity contribution in [1.29, 1.82) is 0 Å². The van der Waals surface area contributed by atoms with Crippen LogP contribution in [0.2, 0.25) is 0 Å². The van der Waals surface area contributed by atoms with Gasteiger partial charge < -0.3 is 10.1 Å². The van der Waals surface area contributed by atoms with Crippen LogP contribution in [0, 0.1) is 0 Å². The molecule has 4 nitrogen and oxygen atoms in total. The van der Waals surface area contributed by atoms with E-state index >= 15 is 0 Å². The number of thiazole rings is 1. The molecule has 1 amide bonds. The lowest BCUT2D eigenvalue weighted by Crippen LogP contribution is -2.25. The van der Waals surface area contributed by atoms with E-state index in [1.54, 1.807) is 0 Å². The molecule has 1 atom stereocenters. The maximum atomic E-state index is 11.9. The quantitative estimate of drug-likeness (QED) is 0.925. The number of nitrogens with zero attached hydrogens (tertiary/aromatic N) is 1. The Morgan fingerprint density at radius 2 is 2.32 bits per heavy atom. The van der Waals surface area contributed by atoms with Crippen molar-refractivity contribution < 1.29 is 9.53 Å². The van der Waals surface area contributed by atoms with E-state index in [2.05, 4.69) is 31.1 Å². The maximum Gasteiger partial charge on any atom is 0.228 e. The molecule has 19 heavy (non-hydrogen) atoms. The largest absolute Gasteiger partial charge is 0.378 e. The fraction of sp³-hybridized carbons (Fsp3) is 0.714. The van der Waals surface area contributed by atoms with Crippen LogP contribution in [0.4, 0.5) is 5.13 Å². The molecule has 0 aromatic carbocycles. The summed E-state index contributed by atoms with van der Waals surface area (Å²) in [7, 11) is 0. The Morgan fingerprint density at radius 3 is 2.89 bits per heavy atom. The fourth-order valence-electron chi connectivity index (χ4n) is 2.02. The van der Waals surface area contributed by atoms with E-state index in [0.29, 0.717) is 11.6 Å². The highest BCUT2D eigenvalue weighted by molar-refractivity contribution is 7.13. The Bertz CT molecular complexity index is 431. The van der Waals surface area contributed by atoms with Gasteiger partial charge in [-0.3, -0.25) is 4.79 Å². The highest BCUT2D eigenvalue weighted by atomic mass is 32.1. The minimum atomic E-state index is 0.00158. The minimum absolute atomic E-state index is 0.00158. The van der Waals surface area contributed by atoms with Gasteiger partial charge in [-0.2, -0.15) is 0 Å². The van der Waals surface area contributed by atoms with Crippen molar-refractivity contribution in [3.8, 4) is 0 Å². The molecule has 1 unspecified atom stereocenters. The van der Waals surface area contributed by atoms with Crippen LogP contribution < -0.4 is 5.32 Å². The summed E-state index contributed by atoms with van der Waals surface area (Å²) in [5, 5.41) is 5.56. The summed E-state index contributed by atoms with van der Waals surface area (Å²) in [4.78, 5) is 16.4. The van der Waals surface area contributed by atoms with Crippen molar-refractivity contribution in [2.75, 3.05) is 11.9 Å². The summed E-state index contributed by atoms with van der Waals surface area (Å²) in [5.74, 6) is 0.00158. The third-order valence-corrected chi connectivity index (χ3v) is 3.96.